The molecule has 0 fully saturated rings. The van der Waals surface area contributed by atoms with E-state index in [1.807, 2.05) is 0 Å². The minimum absolute atomic E-state index is 0.0880. The molecular weight excluding hydrogens is 182 g/mol. The van der Waals surface area contributed by atoms with Gasteiger partial charge in [0.1, 0.15) is 5.75 Å². The van der Waals surface area contributed by atoms with Crippen LogP contribution in [0.25, 0.3) is 0 Å². The van der Waals surface area contributed by atoms with Gasteiger partial charge in [0.2, 0.25) is 0 Å². The lowest BCUT2D eigenvalue weighted by Crippen LogP contribution is -1.93. The average Bonchev–Trinajstić information content (AvgIpc) is 2.56. The lowest BCUT2D eigenvalue weighted by Gasteiger charge is -1.90. The van der Waals surface area contributed by atoms with Gasteiger partial charge in [0.25, 0.3) is 5.56 Å². The number of H-pyrrole nitrogens is 2. The van der Waals surface area contributed by atoms with Crippen LogP contribution in [0, 0.1) is 0 Å². The molecule has 5 heteroatoms. The topological polar surface area (TPSA) is 94.9 Å². The Morgan fingerprint density at radius 1 is 1.29 bits per heavy atom. The fourth-order valence-electron chi connectivity index (χ4n) is 0.797. The van der Waals surface area contributed by atoms with Crippen molar-refractivity contribution in [1.82, 2.24) is 10.2 Å². The lowest BCUT2D eigenvalue weighted by molar-refractivity contribution is 0.475. The van der Waals surface area contributed by atoms with Gasteiger partial charge in [-0.1, -0.05) is 6.07 Å². The largest absolute Gasteiger partial charge is 0.508 e. The Kier molecular flexibility index (Phi) is 3.37. The van der Waals surface area contributed by atoms with E-state index in [-0.39, 0.29) is 11.3 Å². The van der Waals surface area contributed by atoms with E-state index in [0.717, 1.165) is 0 Å². The van der Waals surface area contributed by atoms with Crippen molar-refractivity contribution in [2.75, 3.05) is 5.73 Å². The molecule has 5 nitrogen and oxygen atoms in total. The molecule has 74 valence electrons. The van der Waals surface area contributed by atoms with Crippen LogP contribution in [-0.4, -0.2) is 15.3 Å². The van der Waals surface area contributed by atoms with Crippen molar-refractivity contribution >= 4 is 5.69 Å². The van der Waals surface area contributed by atoms with Crippen molar-refractivity contribution < 1.29 is 5.11 Å². The van der Waals surface area contributed by atoms with Crippen molar-refractivity contribution in [3.63, 3.8) is 0 Å². The first-order valence-corrected chi connectivity index (χ1v) is 3.95. The number of benzene rings is 1. The zero-order chi connectivity index (χ0) is 10.4. The molecule has 0 spiro atoms. The molecule has 1 aromatic heterocycles. The normalized spacial score (nSPS) is 8.86. The molecule has 0 amide bonds. The number of phenolic OH excluding ortho intramolecular Hbond substituents is 1. The second-order valence-electron chi connectivity index (χ2n) is 2.56. The highest BCUT2D eigenvalue weighted by Gasteiger charge is 1.83. The Balaban J connectivity index is 0.000000146. The molecule has 2 aromatic rings. The molecule has 5 N–H and O–H groups in total. The number of phenols is 1. The average molecular weight is 193 g/mol. The summed E-state index contributed by atoms with van der Waals surface area (Å²) in [4.78, 5) is 9.98. The minimum Gasteiger partial charge on any atom is -0.508 e. The first-order valence-electron chi connectivity index (χ1n) is 3.95. The van der Waals surface area contributed by atoms with Crippen molar-refractivity contribution in [2.24, 2.45) is 0 Å². The van der Waals surface area contributed by atoms with E-state index in [2.05, 4.69) is 10.2 Å². The van der Waals surface area contributed by atoms with Crippen LogP contribution in [0.3, 0.4) is 0 Å². The Bertz CT molecular complexity index is 399. The molecule has 0 bridgehead atoms. The summed E-state index contributed by atoms with van der Waals surface area (Å²) in [6.45, 7) is 0. The monoisotopic (exact) mass is 193 g/mol. The number of hydrogen-bond donors (Lipinski definition) is 4. The van der Waals surface area contributed by atoms with Crippen LogP contribution in [0.4, 0.5) is 5.69 Å². The van der Waals surface area contributed by atoms with Crippen LogP contribution in [0.15, 0.2) is 41.3 Å². The van der Waals surface area contributed by atoms with Crippen LogP contribution in [-0.2, 0) is 0 Å². The Morgan fingerprint density at radius 3 is 2.36 bits per heavy atom. The van der Waals surface area contributed by atoms with Gasteiger partial charge in [-0.2, -0.15) is 0 Å². The highest BCUT2D eigenvalue weighted by molar-refractivity contribution is 5.42. The fraction of sp³-hybridized carbons (Fsp3) is 0. The Hall–Kier alpha value is -2.17. The van der Waals surface area contributed by atoms with Crippen LogP contribution < -0.4 is 11.3 Å². The third kappa shape index (κ3) is 3.48. The summed E-state index contributed by atoms with van der Waals surface area (Å²) in [6.07, 6.45) is 1.54. The van der Waals surface area contributed by atoms with E-state index in [9.17, 15) is 4.79 Å². The summed E-state index contributed by atoms with van der Waals surface area (Å²) in [7, 11) is 0. The number of nitrogens with one attached hydrogen (secondary N) is 2. The van der Waals surface area contributed by atoms with Gasteiger partial charge in [-0.3, -0.25) is 9.89 Å². The Labute approximate surface area is 80.2 Å². The van der Waals surface area contributed by atoms with Crippen molar-refractivity contribution in [3.8, 4) is 5.75 Å². The second kappa shape index (κ2) is 4.76. The van der Waals surface area contributed by atoms with Gasteiger partial charge < -0.3 is 15.9 Å². The van der Waals surface area contributed by atoms with Gasteiger partial charge in [0, 0.05) is 24.0 Å². The Morgan fingerprint density at radius 2 is 2.07 bits per heavy atom. The number of hydrogen-bond acceptors (Lipinski definition) is 3. The maximum absolute atomic E-state index is 9.98. The summed E-state index contributed by atoms with van der Waals surface area (Å²) in [5, 5.41) is 13.5. The smallest absolute Gasteiger partial charge is 0.263 e. The van der Waals surface area contributed by atoms with E-state index in [0.29, 0.717) is 5.69 Å². The molecule has 0 unspecified atom stereocenters. The summed E-state index contributed by atoms with van der Waals surface area (Å²) in [5.74, 6) is 0.213. The van der Waals surface area contributed by atoms with Gasteiger partial charge in [-0.25, -0.2) is 0 Å². The predicted molar refractivity (Wildman–Crippen MR) is 53.9 cm³/mol. The molecule has 1 heterocycles. The number of rotatable bonds is 0. The molecule has 0 saturated carbocycles. The zero-order valence-corrected chi connectivity index (χ0v) is 7.40. The maximum Gasteiger partial charge on any atom is 0.263 e. The highest BCUT2D eigenvalue weighted by Crippen LogP contribution is 2.10. The molecule has 0 radical (unpaired) electrons. The second-order valence-corrected chi connectivity index (χ2v) is 2.56. The lowest BCUT2D eigenvalue weighted by atomic mass is 10.3. The van der Waals surface area contributed by atoms with Crippen LogP contribution in [0.2, 0.25) is 0 Å². The number of nitrogens with two attached hydrogens (primary N) is 1. The zero-order valence-electron chi connectivity index (χ0n) is 7.40. The van der Waals surface area contributed by atoms with Gasteiger partial charge in [0.05, 0.1) is 0 Å². The van der Waals surface area contributed by atoms with Crippen LogP contribution in [0.1, 0.15) is 0 Å². The molecule has 1 aromatic carbocycles. The molecule has 0 aliphatic carbocycles. The number of aromatic nitrogens is 2. The third-order valence-corrected chi connectivity index (χ3v) is 1.38. The van der Waals surface area contributed by atoms with E-state index in [1.165, 1.54) is 12.1 Å². The number of aromatic hydroxyl groups is 1. The molecule has 0 saturated heterocycles. The van der Waals surface area contributed by atoms with E-state index < -0.39 is 0 Å². The fourth-order valence-corrected chi connectivity index (χ4v) is 0.797. The van der Waals surface area contributed by atoms with Crippen LogP contribution in [0.5, 0.6) is 5.75 Å². The summed E-state index contributed by atoms with van der Waals surface area (Å²) in [6, 6.07) is 7.92. The highest BCUT2D eigenvalue weighted by atomic mass is 16.3. The summed E-state index contributed by atoms with van der Waals surface area (Å²) < 4.78 is 0. The van der Waals surface area contributed by atoms with Crippen molar-refractivity contribution in [3.05, 3.63) is 46.9 Å². The quantitative estimate of drug-likeness (QED) is 0.463. The number of aromatic amines is 2. The number of nitrogen functional groups attached to an aromatic ring is 1. The molecule has 0 aliphatic rings. The van der Waals surface area contributed by atoms with E-state index >= 15 is 0 Å². The third-order valence-electron chi connectivity index (χ3n) is 1.38. The molecule has 14 heavy (non-hydrogen) atoms. The number of anilines is 1. The van der Waals surface area contributed by atoms with Gasteiger partial charge in [-0.15, -0.1) is 0 Å². The van der Waals surface area contributed by atoms with Crippen LogP contribution >= 0.6 is 0 Å². The first kappa shape index (κ1) is 9.91. The molecular formula is C9H11N3O2. The minimum atomic E-state index is -0.0880. The van der Waals surface area contributed by atoms with Crippen molar-refractivity contribution in [1.29, 1.82) is 0 Å². The molecule has 2 rings (SSSR count). The summed E-state index contributed by atoms with van der Waals surface area (Å²) >= 11 is 0. The van der Waals surface area contributed by atoms with Gasteiger partial charge in [0.15, 0.2) is 0 Å². The van der Waals surface area contributed by atoms with E-state index in [4.69, 9.17) is 10.8 Å². The standard InChI is InChI=1S/C6H7NO.C3H4N2O/c7-5-2-1-3-6(8)4-5;6-3-1-2-4-5-3/h1-4,8H,7H2;1-2H,(H2,4,5,6). The molecule has 0 aliphatic heterocycles. The van der Waals surface area contributed by atoms with Gasteiger partial charge in [-0.05, 0) is 12.1 Å². The SMILES string of the molecule is Nc1cccc(O)c1.O=c1cc[nH][nH]1. The predicted octanol–water partition coefficient (Wildman–Crippen LogP) is 0.677. The van der Waals surface area contributed by atoms with Gasteiger partial charge >= 0.3 is 0 Å². The summed E-state index contributed by atoms with van der Waals surface area (Å²) in [5.41, 5.74) is 5.80. The van der Waals surface area contributed by atoms with Crippen molar-refractivity contribution in [2.45, 2.75) is 0 Å². The maximum atomic E-state index is 9.98. The van der Waals surface area contributed by atoms with E-state index in [1.54, 1.807) is 24.4 Å². The molecule has 0 atom stereocenters. The first-order chi connectivity index (χ1) is 6.68.